The number of carbonyl (C=O) groups is 1. The van der Waals surface area contributed by atoms with Crippen LogP contribution < -0.4 is 10.5 Å². The van der Waals surface area contributed by atoms with Gasteiger partial charge in [-0.05, 0) is 37.1 Å². The Morgan fingerprint density at radius 2 is 1.61 bits per heavy atom. The third-order valence-corrected chi connectivity index (χ3v) is 3.92. The maximum Gasteiger partial charge on any atom is 0.257 e. The molecule has 0 bridgehead atoms. The number of para-hydroxylation sites is 2. The van der Waals surface area contributed by atoms with E-state index in [2.05, 4.69) is 0 Å². The fourth-order valence-corrected chi connectivity index (χ4v) is 2.62. The van der Waals surface area contributed by atoms with Crippen molar-refractivity contribution in [3.8, 4) is 11.5 Å². The number of nitrogens with zero attached hydrogens (tertiary/aromatic N) is 1. The minimum Gasteiger partial charge on any atom is -0.457 e. The first kappa shape index (κ1) is 17.3. The molecule has 23 heavy (non-hydrogen) atoms. The Morgan fingerprint density at radius 1 is 1.00 bits per heavy atom. The third-order valence-electron chi connectivity index (χ3n) is 3.92. The molecule has 5 heteroatoms. The van der Waals surface area contributed by atoms with Crippen LogP contribution in [0.25, 0.3) is 0 Å². The molecule has 2 aromatic carbocycles. The third kappa shape index (κ3) is 4.24. The van der Waals surface area contributed by atoms with Gasteiger partial charge in [0.15, 0.2) is 0 Å². The van der Waals surface area contributed by atoms with Crippen LogP contribution in [-0.2, 0) is 0 Å². The zero-order valence-electron chi connectivity index (χ0n) is 12.9. The lowest BCUT2D eigenvalue weighted by atomic mass is 10.0. The number of likely N-dealkylation sites (tertiary alicyclic amines) is 1. The van der Waals surface area contributed by atoms with Crippen molar-refractivity contribution in [2.45, 2.75) is 18.9 Å². The molecular formula is C18H21ClN2O2. The van der Waals surface area contributed by atoms with Crippen molar-refractivity contribution in [3.05, 3.63) is 60.2 Å². The van der Waals surface area contributed by atoms with E-state index in [0.717, 1.165) is 18.6 Å². The van der Waals surface area contributed by atoms with Crippen molar-refractivity contribution < 1.29 is 9.53 Å². The monoisotopic (exact) mass is 332 g/mol. The number of hydrogen-bond acceptors (Lipinski definition) is 3. The zero-order valence-corrected chi connectivity index (χ0v) is 13.7. The van der Waals surface area contributed by atoms with E-state index in [1.807, 2.05) is 59.5 Å². The first-order chi connectivity index (χ1) is 10.7. The minimum atomic E-state index is 0. The van der Waals surface area contributed by atoms with Crippen LogP contribution in [0.4, 0.5) is 0 Å². The summed E-state index contributed by atoms with van der Waals surface area (Å²) < 4.78 is 5.87. The summed E-state index contributed by atoms with van der Waals surface area (Å²) in [6, 6.07) is 17.1. The van der Waals surface area contributed by atoms with E-state index in [9.17, 15) is 4.79 Å². The van der Waals surface area contributed by atoms with Crippen LogP contribution in [0.3, 0.4) is 0 Å². The summed E-state index contributed by atoms with van der Waals surface area (Å²) in [5, 5.41) is 0. The van der Waals surface area contributed by atoms with Crippen molar-refractivity contribution in [2.75, 3.05) is 13.1 Å². The molecule has 4 nitrogen and oxygen atoms in total. The Bertz CT molecular complexity index is 640. The van der Waals surface area contributed by atoms with E-state index in [0.29, 0.717) is 24.4 Å². The van der Waals surface area contributed by atoms with Crippen LogP contribution in [0, 0.1) is 0 Å². The minimum absolute atomic E-state index is 0. The average Bonchev–Trinajstić information content (AvgIpc) is 2.56. The van der Waals surface area contributed by atoms with Crippen molar-refractivity contribution in [1.82, 2.24) is 4.90 Å². The number of carbonyl (C=O) groups excluding carboxylic acids is 1. The second-order valence-corrected chi connectivity index (χ2v) is 5.54. The predicted octanol–water partition coefficient (Wildman–Crippen LogP) is 3.46. The molecule has 1 heterocycles. The molecule has 2 aromatic rings. The molecule has 0 radical (unpaired) electrons. The van der Waals surface area contributed by atoms with Gasteiger partial charge in [0, 0.05) is 19.1 Å². The number of piperidine rings is 1. The summed E-state index contributed by atoms with van der Waals surface area (Å²) in [5.41, 5.74) is 6.50. The van der Waals surface area contributed by atoms with E-state index in [1.54, 1.807) is 0 Å². The largest absolute Gasteiger partial charge is 0.457 e. The highest BCUT2D eigenvalue weighted by Crippen LogP contribution is 2.26. The molecule has 1 fully saturated rings. The number of halogens is 1. The SMILES string of the molecule is Cl.NC1CCN(C(=O)c2ccccc2Oc2ccccc2)CC1. The summed E-state index contributed by atoms with van der Waals surface area (Å²) in [4.78, 5) is 14.6. The summed E-state index contributed by atoms with van der Waals surface area (Å²) >= 11 is 0. The van der Waals surface area contributed by atoms with Crippen molar-refractivity contribution in [2.24, 2.45) is 5.73 Å². The van der Waals surface area contributed by atoms with Gasteiger partial charge in [0.2, 0.25) is 0 Å². The van der Waals surface area contributed by atoms with Crippen LogP contribution in [0.1, 0.15) is 23.2 Å². The predicted molar refractivity (Wildman–Crippen MR) is 93.3 cm³/mol. The Hall–Kier alpha value is -2.04. The van der Waals surface area contributed by atoms with Gasteiger partial charge >= 0.3 is 0 Å². The van der Waals surface area contributed by atoms with Crippen LogP contribution >= 0.6 is 12.4 Å². The molecule has 122 valence electrons. The zero-order chi connectivity index (χ0) is 15.4. The number of rotatable bonds is 3. The Balaban J connectivity index is 0.00000192. The molecule has 1 aliphatic heterocycles. The lowest BCUT2D eigenvalue weighted by molar-refractivity contribution is 0.0712. The number of nitrogens with two attached hydrogens (primary N) is 1. The van der Waals surface area contributed by atoms with Crippen LogP contribution in [0.5, 0.6) is 11.5 Å². The maximum absolute atomic E-state index is 12.7. The standard InChI is InChI=1S/C18H20N2O2.ClH/c19-14-10-12-20(13-11-14)18(21)16-8-4-5-9-17(16)22-15-6-2-1-3-7-15;/h1-9,14H,10-13,19H2;1H. The van der Waals surface area contributed by atoms with Crippen molar-refractivity contribution in [1.29, 1.82) is 0 Å². The molecule has 0 spiro atoms. The fraction of sp³-hybridized carbons (Fsp3) is 0.278. The fourth-order valence-electron chi connectivity index (χ4n) is 2.62. The lowest BCUT2D eigenvalue weighted by Crippen LogP contribution is -2.42. The number of hydrogen-bond donors (Lipinski definition) is 1. The Morgan fingerprint density at radius 3 is 2.30 bits per heavy atom. The Kier molecular flexibility index (Phi) is 6.02. The highest BCUT2D eigenvalue weighted by atomic mass is 35.5. The van der Waals surface area contributed by atoms with E-state index in [-0.39, 0.29) is 24.4 Å². The van der Waals surface area contributed by atoms with E-state index < -0.39 is 0 Å². The highest BCUT2D eigenvalue weighted by Gasteiger charge is 2.23. The van der Waals surface area contributed by atoms with Crippen molar-refractivity contribution in [3.63, 3.8) is 0 Å². The molecule has 1 saturated heterocycles. The molecular weight excluding hydrogens is 312 g/mol. The number of benzene rings is 2. The molecule has 0 aliphatic carbocycles. The van der Waals surface area contributed by atoms with Gasteiger partial charge in [-0.1, -0.05) is 30.3 Å². The van der Waals surface area contributed by atoms with Crippen LogP contribution in [0.2, 0.25) is 0 Å². The molecule has 1 aliphatic rings. The van der Waals surface area contributed by atoms with E-state index >= 15 is 0 Å². The van der Waals surface area contributed by atoms with Crippen LogP contribution in [0.15, 0.2) is 54.6 Å². The average molecular weight is 333 g/mol. The lowest BCUT2D eigenvalue weighted by Gasteiger charge is -2.30. The first-order valence-electron chi connectivity index (χ1n) is 7.61. The molecule has 0 unspecified atom stereocenters. The van der Waals surface area contributed by atoms with Gasteiger partial charge in [0.05, 0.1) is 5.56 Å². The van der Waals surface area contributed by atoms with Gasteiger partial charge in [0.1, 0.15) is 11.5 Å². The smallest absolute Gasteiger partial charge is 0.257 e. The van der Waals surface area contributed by atoms with Gasteiger partial charge in [-0.2, -0.15) is 0 Å². The summed E-state index contributed by atoms with van der Waals surface area (Å²) in [6.45, 7) is 1.42. The molecule has 0 aromatic heterocycles. The van der Waals surface area contributed by atoms with Gasteiger partial charge in [0.25, 0.3) is 5.91 Å². The summed E-state index contributed by atoms with van der Waals surface area (Å²) in [5.74, 6) is 1.33. The van der Waals surface area contributed by atoms with Gasteiger partial charge in [-0.3, -0.25) is 4.79 Å². The summed E-state index contributed by atoms with van der Waals surface area (Å²) in [6.07, 6.45) is 1.71. The first-order valence-corrected chi connectivity index (χ1v) is 7.61. The number of amides is 1. The summed E-state index contributed by atoms with van der Waals surface area (Å²) in [7, 11) is 0. The highest BCUT2D eigenvalue weighted by molar-refractivity contribution is 5.97. The van der Waals surface area contributed by atoms with Crippen molar-refractivity contribution >= 4 is 18.3 Å². The molecule has 0 saturated carbocycles. The second-order valence-electron chi connectivity index (χ2n) is 5.54. The van der Waals surface area contributed by atoms with Gasteiger partial charge in [-0.25, -0.2) is 0 Å². The molecule has 0 atom stereocenters. The normalized spacial score (nSPS) is 14.9. The Labute approximate surface area is 142 Å². The van der Waals surface area contributed by atoms with Gasteiger partial charge in [-0.15, -0.1) is 12.4 Å². The second kappa shape index (κ2) is 7.99. The number of ether oxygens (including phenoxy) is 1. The maximum atomic E-state index is 12.7. The molecule has 3 rings (SSSR count). The van der Waals surface area contributed by atoms with E-state index in [4.69, 9.17) is 10.5 Å². The quantitative estimate of drug-likeness (QED) is 0.936. The topological polar surface area (TPSA) is 55.6 Å². The molecule has 2 N–H and O–H groups in total. The molecule has 1 amide bonds. The van der Waals surface area contributed by atoms with E-state index in [1.165, 1.54) is 0 Å². The van der Waals surface area contributed by atoms with Gasteiger partial charge < -0.3 is 15.4 Å². The van der Waals surface area contributed by atoms with Crippen LogP contribution in [-0.4, -0.2) is 29.9 Å².